The molecule has 1 fully saturated rings. The van der Waals surface area contributed by atoms with Crippen LogP contribution in [-0.2, 0) is 4.79 Å². The third kappa shape index (κ3) is 2.49. The van der Waals surface area contributed by atoms with Gasteiger partial charge in [-0.1, -0.05) is 22.9 Å². The van der Waals surface area contributed by atoms with Crippen molar-refractivity contribution in [2.75, 3.05) is 18.0 Å². The lowest BCUT2D eigenvalue weighted by Crippen LogP contribution is -2.34. The van der Waals surface area contributed by atoms with Gasteiger partial charge in [-0.3, -0.25) is 14.9 Å². The number of rotatable bonds is 4. The summed E-state index contributed by atoms with van der Waals surface area (Å²) in [5.41, 5.74) is -0.331. The molecule has 0 spiro atoms. The van der Waals surface area contributed by atoms with E-state index in [1.807, 2.05) is 6.92 Å². The second kappa shape index (κ2) is 5.40. The maximum absolute atomic E-state index is 11.4. The SMILES string of the molecule is CCC1(C(=O)O)CCN(c2cc(Br)ccc2[N+](=O)[O-])C1. The number of nitro groups is 1. The second-order valence-electron chi connectivity index (χ2n) is 5.00. The lowest BCUT2D eigenvalue weighted by atomic mass is 9.84. The smallest absolute Gasteiger partial charge is 0.311 e. The van der Waals surface area contributed by atoms with Gasteiger partial charge in [0.25, 0.3) is 5.69 Å². The third-order valence-electron chi connectivity index (χ3n) is 3.96. The second-order valence-corrected chi connectivity index (χ2v) is 5.92. The van der Waals surface area contributed by atoms with Gasteiger partial charge < -0.3 is 10.0 Å². The van der Waals surface area contributed by atoms with Gasteiger partial charge in [0.15, 0.2) is 0 Å². The van der Waals surface area contributed by atoms with Crippen LogP contribution in [0.4, 0.5) is 11.4 Å². The number of nitrogens with zero attached hydrogens (tertiary/aromatic N) is 2. The molecule has 20 heavy (non-hydrogen) atoms. The molecule has 108 valence electrons. The minimum atomic E-state index is -0.833. The normalized spacial score (nSPS) is 22.0. The molecule has 1 saturated heterocycles. The van der Waals surface area contributed by atoms with E-state index in [4.69, 9.17) is 0 Å². The maximum atomic E-state index is 11.4. The van der Waals surface area contributed by atoms with Crippen molar-refractivity contribution in [2.24, 2.45) is 5.41 Å². The zero-order valence-electron chi connectivity index (χ0n) is 11.0. The van der Waals surface area contributed by atoms with Gasteiger partial charge in [-0.2, -0.15) is 0 Å². The predicted octanol–water partition coefficient (Wildman–Crippen LogP) is 3.05. The van der Waals surface area contributed by atoms with Gasteiger partial charge in [0, 0.05) is 23.6 Å². The summed E-state index contributed by atoms with van der Waals surface area (Å²) in [6.45, 7) is 2.65. The Labute approximate surface area is 124 Å². The van der Waals surface area contributed by atoms with E-state index in [1.165, 1.54) is 6.07 Å². The number of aliphatic carboxylic acids is 1. The molecule has 1 N–H and O–H groups in total. The molecule has 0 bridgehead atoms. The molecule has 0 aromatic heterocycles. The van der Waals surface area contributed by atoms with Crippen molar-refractivity contribution < 1.29 is 14.8 Å². The Morgan fingerprint density at radius 2 is 2.30 bits per heavy atom. The molecule has 6 nitrogen and oxygen atoms in total. The van der Waals surface area contributed by atoms with E-state index < -0.39 is 16.3 Å². The number of carboxylic acid groups (broad SMARTS) is 1. The number of hydrogen-bond donors (Lipinski definition) is 1. The van der Waals surface area contributed by atoms with Gasteiger partial charge in [-0.25, -0.2) is 0 Å². The summed E-state index contributed by atoms with van der Waals surface area (Å²) in [6, 6.07) is 4.72. The van der Waals surface area contributed by atoms with Gasteiger partial charge in [0.05, 0.1) is 10.3 Å². The summed E-state index contributed by atoms with van der Waals surface area (Å²) in [5, 5.41) is 20.5. The molecule has 0 aliphatic carbocycles. The van der Waals surface area contributed by atoms with E-state index in [9.17, 15) is 20.0 Å². The predicted molar refractivity (Wildman–Crippen MR) is 78.0 cm³/mol. The molecule has 0 saturated carbocycles. The number of nitro benzene ring substituents is 1. The highest BCUT2D eigenvalue weighted by molar-refractivity contribution is 9.10. The first kappa shape index (κ1) is 14.8. The van der Waals surface area contributed by atoms with Crippen LogP contribution in [0.15, 0.2) is 22.7 Å². The molecule has 1 unspecified atom stereocenters. The summed E-state index contributed by atoms with van der Waals surface area (Å²) >= 11 is 3.30. The van der Waals surface area contributed by atoms with Crippen LogP contribution in [0.1, 0.15) is 19.8 Å². The number of halogens is 1. The standard InChI is InChI=1S/C13H15BrN2O4/c1-2-13(12(17)18)5-6-15(8-13)11-7-9(14)3-4-10(11)16(19)20/h3-4,7H,2,5-6,8H2,1H3,(H,17,18). The van der Waals surface area contributed by atoms with E-state index in [2.05, 4.69) is 15.9 Å². The van der Waals surface area contributed by atoms with Crippen LogP contribution in [0.5, 0.6) is 0 Å². The van der Waals surface area contributed by atoms with Crippen LogP contribution < -0.4 is 4.90 Å². The van der Waals surface area contributed by atoms with E-state index in [0.717, 1.165) is 4.47 Å². The quantitative estimate of drug-likeness (QED) is 0.671. The van der Waals surface area contributed by atoms with E-state index in [1.54, 1.807) is 17.0 Å². The lowest BCUT2D eigenvalue weighted by molar-refractivity contribution is -0.384. The van der Waals surface area contributed by atoms with Crippen molar-refractivity contribution in [3.63, 3.8) is 0 Å². The van der Waals surface area contributed by atoms with Crippen molar-refractivity contribution in [3.05, 3.63) is 32.8 Å². The molecular formula is C13H15BrN2O4. The Morgan fingerprint density at radius 3 is 2.80 bits per heavy atom. The first-order valence-corrected chi connectivity index (χ1v) is 7.11. The Bertz CT molecular complexity index is 563. The Morgan fingerprint density at radius 1 is 1.60 bits per heavy atom. The third-order valence-corrected chi connectivity index (χ3v) is 4.45. The number of benzene rings is 1. The van der Waals surface area contributed by atoms with Crippen LogP contribution >= 0.6 is 15.9 Å². The van der Waals surface area contributed by atoms with Crippen molar-refractivity contribution in [1.29, 1.82) is 0 Å². The molecule has 7 heteroatoms. The molecule has 1 aromatic rings. The van der Waals surface area contributed by atoms with Crippen LogP contribution in [-0.4, -0.2) is 29.1 Å². The van der Waals surface area contributed by atoms with Gasteiger partial charge in [0.1, 0.15) is 5.69 Å². The molecule has 1 aromatic carbocycles. The molecule has 1 aliphatic heterocycles. The number of anilines is 1. The van der Waals surface area contributed by atoms with E-state index >= 15 is 0 Å². The fourth-order valence-corrected chi connectivity index (χ4v) is 2.95. The average molecular weight is 343 g/mol. The average Bonchev–Trinajstić information content (AvgIpc) is 2.83. The van der Waals surface area contributed by atoms with Crippen LogP contribution in [0, 0.1) is 15.5 Å². The first-order chi connectivity index (χ1) is 9.39. The van der Waals surface area contributed by atoms with Crippen molar-refractivity contribution in [3.8, 4) is 0 Å². The molecule has 0 radical (unpaired) electrons. The van der Waals surface area contributed by atoms with Crippen molar-refractivity contribution in [2.45, 2.75) is 19.8 Å². The van der Waals surface area contributed by atoms with Gasteiger partial charge in [-0.15, -0.1) is 0 Å². The van der Waals surface area contributed by atoms with E-state index in [0.29, 0.717) is 31.6 Å². The number of hydrogen-bond acceptors (Lipinski definition) is 4. The van der Waals surface area contributed by atoms with Gasteiger partial charge in [0.2, 0.25) is 0 Å². The zero-order valence-corrected chi connectivity index (χ0v) is 12.6. The molecule has 1 aliphatic rings. The maximum Gasteiger partial charge on any atom is 0.311 e. The Hall–Kier alpha value is -1.63. The molecule has 0 amide bonds. The zero-order chi connectivity index (χ0) is 14.9. The van der Waals surface area contributed by atoms with E-state index in [-0.39, 0.29) is 5.69 Å². The molecular weight excluding hydrogens is 328 g/mol. The van der Waals surface area contributed by atoms with Gasteiger partial charge in [-0.05, 0) is 25.0 Å². The topological polar surface area (TPSA) is 83.7 Å². The minimum absolute atomic E-state index is 0.00509. The van der Waals surface area contributed by atoms with Crippen molar-refractivity contribution >= 4 is 33.3 Å². The molecule has 1 heterocycles. The fraction of sp³-hybridized carbons (Fsp3) is 0.462. The summed E-state index contributed by atoms with van der Waals surface area (Å²) in [6.07, 6.45) is 1.02. The van der Waals surface area contributed by atoms with Gasteiger partial charge >= 0.3 is 5.97 Å². The summed E-state index contributed by atoms with van der Waals surface area (Å²) in [5.74, 6) is -0.833. The van der Waals surface area contributed by atoms with Crippen molar-refractivity contribution in [1.82, 2.24) is 0 Å². The summed E-state index contributed by atoms with van der Waals surface area (Å²) in [4.78, 5) is 23.9. The lowest BCUT2D eigenvalue weighted by Gasteiger charge is -2.24. The first-order valence-electron chi connectivity index (χ1n) is 6.32. The highest BCUT2D eigenvalue weighted by Gasteiger charge is 2.44. The summed E-state index contributed by atoms with van der Waals surface area (Å²) < 4.78 is 0.738. The van der Waals surface area contributed by atoms with Crippen LogP contribution in [0.2, 0.25) is 0 Å². The minimum Gasteiger partial charge on any atom is -0.481 e. The Balaban J connectivity index is 2.37. The number of carboxylic acids is 1. The monoisotopic (exact) mass is 342 g/mol. The Kier molecular flexibility index (Phi) is 3.99. The highest BCUT2D eigenvalue weighted by Crippen LogP contribution is 2.40. The van der Waals surface area contributed by atoms with Crippen LogP contribution in [0.3, 0.4) is 0 Å². The highest BCUT2D eigenvalue weighted by atomic mass is 79.9. The largest absolute Gasteiger partial charge is 0.481 e. The fourth-order valence-electron chi connectivity index (χ4n) is 2.60. The number of carbonyl (C=O) groups is 1. The van der Waals surface area contributed by atoms with Crippen LogP contribution in [0.25, 0.3) is 0 Å². The summed E-state index contributed by atoms with van der Waals surface area (Å²) in [7, 11) is 0. The molecule has 2 rings (SSSR count). The molecule has 1 atom stereocenters.